The number of aromatic nitrogens is 1. The number of thioether (sulfide) groups is 1. The first-order valence-electron chi connectivity index (χ1n) is 6.32. The summed E-state index contributed by atoms with van der Waals surface area (Å²) in [6, 6.07) is 9.61. The maximum Gasteiger partial charge on any atom is 0.288 e. The summed E-state index contributed by atoms with van der Waals surface area (Å²) in [4.78, 5) is 16.4. The van der Waals surface area contributed by atoms with E-state index in [9.17, 15) is 13.6 Å². The Morgan fingerprint density at radius 3 is 2.33 bits per heavy atom. The minimum Gasteiger partial charge on any atom is -0.346 e. The summed E-state index contributed by atoms with van der Waals surface area (Å²) in [5, 5.41) is 2.85. The Balaban J connectivity index is 2.00. The molecule has 1 amide bonds. The van der Waals surface area contributed by atoms with Gasteiger partial charge in [0, 0.05) is 22.9 Å². The van der Waals surface area contributed by atoms with E-state index in [1.165, 1.54) is 12.1 Å². The molecule has 1 aromatic heterocycles. The van der Waals surface area contributed by atoms with Gasteiger partial charge in [0.15, 0.2) is 0 Å². The van der Waals surface area contributed by atoms with Gasteiger partial charge in [-0.05, 0) is 48.9 Å². The molecule has 0 bridgehead atoms. The number of nitrogens with one attached hydrogen (secondary N) is 1. The summed E-state index contributed by atoms with van der Waals surface area (Å²) in [6.07, 6.45) is 3.32. The molecule has 0 spiro atoms. The summed E-state index contributed by atoms with van der Waals surface area (Å²) in [5.41, 5.74) is 1.39. The van der Waals surface area contributed by atoms with Crippen LogP contribution in [-0.4, -0.2) is 16.6 Å². The number of carbonyl (C=O) groups is 1. The van der Waals surface area contributed by atoms with Crippen LogP contribution in [0, 0.1) is 0 Å². The van der Waals surface area contributed by atoms with E-state index in [0.717, 1.165) is 5.56 Å². The van der Waals surface area contributed by atoms with E-state index >= 15 is 0 Å². The monoisotopic (exact) mass is 308 g/mol. The van der Waals surface area contributed by atoms with Crippen molar-refractivity contribution in [3.8, 4) is 0 Å². The Kier molecular flexibility index (Phi) is 5.27. The number of pyridine rings is 1. The number of amides is 1. The standard InChI is InChI=1S/C15H14F2N2OS/c1-10(11-6-8-18-9-7-11)19-14(20)12-2-4-13(5-3-12)21-15(16)17/h2-10,15H,1H3,(H,19,20)/t10-/m1/s1. The van der Waals surface area contributed by atoms with E-state index in [-0.39, 0.29) is 11.9 Å². The van der Waals surface area contributed by atoms with Crippen molar-refractivity contribution in [2.24, 2.45) is 0 Å². The number of benzene rings is 1. The van der Waals surface area contributed by atoms with Crippen LogP contribution in [0.3, 0.4) is 0 Å². The molecular formula is C15H14F2N2OS. The molecule has 0 unspecified atom stereocenters. The minimum atomic E-state index is -2.46. The molecule has 6 heteroatoms. The van der Waals surface area contributed by atoms with Crippen LogP contribution in [0.15, 0.2) is 53.7 Å². The van der Waals surface area contributed by atoms with Gasteiger partial charge >= 0.3 is 0 Å². The van der Waals surface area contributed by atoms with Crippen LogP contribution in [0.4, 0.5) is 8.78 Å². The lowest BCUT2D eigenvalue weighted by Crippen LogP contribution is -2.26. The van der Waals surface area contributed by atoms with Crippen molar-refractivity contribution < 1.29 is 13.6 Å². The molecule has 0 saturated carbocycles. The number of halogens is 2. The van der Waals surface area contributed by atoms with Crippen molar-refractivity contribution in [2.45, 2.75) is 23.6 Å². The molecule has 0 aliphatic carbocycles. The maximum absolute atomic E-state index is 12.2. The highest BCUT2D eigenvalue weighted by molar-refractivity contribution is 7.99. The Hall–Kier alpha value is -1.95. The third-order valence-electron chi connectivity index (χ3n) is 2.90. The molecule has 0 aliphatic rings. The Labute approximate surface area is 125 Å². The number of hydrogen-bond acceptors (Lipinski definition) is 3. The fraction of sp³-hybridized carbons (Fsp3) is 0.200. The second-order valence-electron chi connectivity index (χ2n) is 4.38. The van der Waals surface area contributed by atoms with E-state index in [2.05, 4.69) is 10.3 Å². The predicted molar refractivity (Wildman–Crippen MR) is 78.4 cm³/mol. The van der Waals surface area contributed by atoms with Gasteiger partial charge in [0.1, 0.15) is 0 Å². The minimum absolute atomic E-state index is 0.157. The van der Waals surface area contributed by atoms with Gasteiger partial charge in [-0.15, -0.1) is 0 Å². The first kappa shape index (κ1) is 15.4. The average molecular weight is 308 g/mol. The molecular weight excluding hydrogens is 294 g/mol. The van der Waals surface area contributed by atoms with Crippen LogP contribution in [0.25, 0.3) is 0 Å². The highest BCUT2D eigenvalue weighted by Gasteiger charge is 2.12. The summed E-state index contributed by atoms with van der Waals surface area (Å²) in [5.74, 6) is -2.70. The first-order valence-corrected chi connectivity index (χ1v) is 7.20. The fourth-order valence-corrected chi connectivity index (χ4v) is 2.30. The van der Waals surface area contributed by atoms with Gasteiger partial charge in [0.25, 0.3) is 11.7 Å². The van der Waals surface area contributed by atoms with Crippen molar-refractivity contribution >= 4 is 17.7 Å². The smallest absolute Gasteiger partial charge is 0.288 e. The molecule has 2 rings (SSSR count). The van der Waals surface area contributed by atoms with Crippen LogP contribution in [-0.2, 0) is 0 Å². The van der Waals surface area contributed by atoms with Crippen LogP contribution >= 0.6 is 11.8 Å². The average Bonchev–Trinajstić information content (AvgIpc) is 2.48. The van der Waals surface area contributed by atoms with Gasteiger partial charge in [-0.1, -0.05) is 11.8 Å². The van der Waals surface area contributed by atoms with Crippen molar-refractivity contribution in [1.29, 1.82) is 0 Å². The Morgan fingerprint density at radius 1 is 1.14 bits per heavy atom. The lowest BCUT2D eigenvalue weighted by Gasteiger charge is -2.14. The zero-order chi connectivity index (χ0) is 15.2. The normalized spacial score (nSPS) is 12.2. The van der Waals surface area contributed by atoms with Crippen LogP contribution in [0.1, 0.15) is 28.9 Å². The molecule has 110 valence electrons. The molecule has 3 nitrogen and oxygen atoms in total. The van der Waals surface area contributed by atoms with Gasteiger partial charge in [-0.25, -0.2) is 0 Å². The summed E-state index contributed by atoms with van der Waals surface area (Å²) >= 11 is 0.458. The van der Waals surface area contributed by atoms with E-state index in [0.29, 0.717) is 22.2 Å². The summed E-state index contributed by atoms with van der Waals surface area (Å²) < 4.78 is 24.4. The fourth-order valence-electron chi connectivity index (χ4n) is 1.80. The molecule has 1 atom stereocenters. The Morgan fingerprint density at radius 2 is 1.76 bits per heavy atom. The molecule has 0 fully saturated rings. The highest BCUT2D eigenvalue weighted by atomic mass is 32.2. The van der Waals surface area contributed by atoms with Crippen molar-refractivity contribution in [3.05, 3.63) is 59.9 Å². The third-order valence-corrected chi connectivity index (χ3v) is 3.62. The lowest BCUT2D eigenvalue weighted by molar-refractivity contribution is 0.0940. The third kappa shape index (κ3) is 4.53. The molecule has 0 radical (unpaired) electrons. The van der Waals surface area contributed by atoms with Crippen LogP contribution in [0.2, 0.25) is 0 Å². The van der Waals surface area contributed by atoms with Gasteiger partial charge < -0.3 is 5.32 Å². The summed E-state index contributed by atoms with van der Waals surface area (Å²) in [7, 11) is 0. The number of alkyl halides is 2. The SMILES string of the molecule is C[C@@H](NC(=O)c1ccc(SC(F)F)cc1)c1ccncc1. The number of rotatable bonds is 5. The zero-order valence-electron chi connectivity index (χ0n) is 11.3. The van der Waals surface area contributed by atoms with E-state index in [4.69, 9.17) is 0 Å². The highest BCUT2D eigenvalue weighted by Crippen LogP contribution is 2.25. The summed E-state index contributed by atoms with van der Waals surface area (Å²) in [6.45, 7) is 1.87. The van der Waals surface area contributed by atoms with Gasteiger partial charge in [0.2, 0.25) is 0 Å². The number of carbonyl (C=O) groups excluding carboxylic acids is 1. The largest absolute Gasteiger partial charge is 0.346 e. The maximum atomic E-state index is 12.2. The van der Waals surface area contributed by atoms with Gasteiger partial charge in [0.05, 0.1) is 6.04 Å². The molecule has 0 aliphatic heterocycles. The second kappa shape index (κ2) is 7.17. The predicted octanol–water partition coefficient (Wildman–Crippen LogP) is 3.89. The quantitative estimate of drug-likeness (QED) is 0.852. The van der Waals surface area contributed by atoms with E-state index in [1.54, 1.807) is 24.5 Å². The number of nitrogens with zero attached hydrogens (tertiary/aromatic N) is 1. The van der Waals surface area contributed by atoms with Crippen molar-refractivity contribution in [1.82, 2.24) is 10.3 Å². The Bertz CT molecular complexity index is 590. The van der Waals surface area contributed by atoms with E-state index in [1.807, 2.05) is 19.1 Å². The number of hydrogen-bond donors (Lipinski definition) is 1. The molecule has 1 heterocycles. The van der Waals surface area contributed by atoms with Crippen LogP contribution in [0.5, 0.6) is 0 Å². The van der Waals surface area contributed by atoms with E-state index < -0.39 is 5.76 Å². The molecule has 2 aromatic rings. The molecule has 0 saturated heterocycles. The second-order valence-corrected chi connectivity index (χ2v) is 5.44. The topological polar surface area (TPSA) is 42.0 Å². The molecule has 1 aromatic carbocycles. The van der Waals surface area contributed by atoms with Crippen molar-refractivity contribution in [2.75, 3.05) is 0 Å². The molecule has 21 heavy (non-hydrogen) atoms. The van der Waals surface area contributed by atoms with Crippen molar-refractivity contribution in [3.63, 3.8) is 0 Å². The van der Waals surface area contributed by atoms with Crippen LogP contribution < -0.4 is 5.32 Å². The first-order chi connectivity index (χ1) is 10.1. The molecule has 1 N–H and O–H groups in total. The van der Waals surface area contributed by atoms with Gasteiger partial charge in [-0.3, -0.25) is 9.78 Å². The lowest BCUT2D eigenvalue weighted by atomic mass is 10.1. The zero-order valence-corrected chi connectivity index (χ0v) is 12.1. The van der Waals surface area contributed by atoms with Gasteiger partial charge in [-0.2, -0.15) is 8.78 Å².